The van der Waals surface area contributed by atoms with Crippen molar-refractivity contribution >= 4 is 5.97 Å². The molecule has 2 atom stereocenters. The number of hydrogen-bond donors (Lipinski definition) is 2. The van der Waals surface area contributed by atoms with E-state index in [0.717, 1.165) is 0 Å². The van der Waals surface area contributed by atoms with Gasteiger partial charge in [-0.1, -0.05) is 0 Å². The van der Waals surface area contributed by atoms with Gasteiger partial charge in [0.05, 0.1) is 6.61 Å². The van der Waals surface area contributed by atoms with Crippen LogP contribution in [-0.4, -0.2) is 35.0 Å². The number of cyclic esters (lactones) is 1. The fraction of sp³-hybridized carbons (Fsp3) is 0.500. The van der Waals surface area contributed by atoms with E-state index < -0.39 is 24.8 Å². The molecular formula is C6H8O4. The van der Waals surface area contributed by atoms with E-state index in [-0.39, 0.29) is 0 Å². The number of rotatable bonds is 2. The Bertz CT molecular complexity index is 163. The lowest BCUT2D eigenvalue weighted by molar-refractivity contribution is -0.143. The first-order valence-corrected chi connectivity index (χ1v) is 2.92. The molecule has 0 spiro atoms. The molecule has 4 nitrogen and oxygen atoms in total. The standard InChI is InChI=1S/C6H8O4/c7-3-4(8)5-1-2-6(9)10-5/h1-2,4-5,7-8H,3H2/t4?,5-/m0/s1. The Balaban J connectivity index is 2.46. The molecule has 1 aliphatic rings. The minimum Gasteiger partial charge on any atom is -0.452 e. The van der Waals surface area contributed by atoms with E-state index in [4.69, 9.17) is 10.2 Å². The van der Waals surface area contributed by atoms with Crippen molar-refractivity contribution in [3.63, 3.8) is 0 Å². The second-order valence-electron chi connectivity index (χ2n) is 2.01. The Morgan fingerprint density at radius 3 is 2.90 bits per heavy atom. The highest BCUT2D eigenvalue weighted by molar-refractivity contribution is 5.84. The van der Waals surface area contributed by atoms with Crippen molar-refractivity contribution in [3.05, 3.63) is 12.2 Å². The monoisotopic (exact) mass is 144 g/mol. The summed E-state index contributed by atoms with van der Waals surface area (Å²) in [5, 5.41) is 17.3. The number of carbonyl (C=O) groups excluding carboxylic acids is 1. The Morgan fingerprint density at radius 1 is 1.80 bits per heavy atom. The van der Waals surface area contributed by atoms with Gasteiger partial charge in [0, 0.05) is 6.08 Å². The van der Waals surface area contributed by atoms with Crippen LogP contribution in [0.4, 0.5) is 0 Å². The van der Waals surface area contributed by atoms with Gasteiger partial charge in [-0.3, -0.25) is 0 Å². The first kappa shape index (κ1) is 7.24. The molecule has 0 radical (unpaired) electrons. The number of hydrogen-bond acceptors (Lipinski definition) is 4. The van der Waals surface area contributed by atoms with Crippen molar-refractivity contribution in [2.24, 2.45) is 0 Å². The summed E-state index contributed by atoms with van der Waals surface area (Å²) in [7, 11) is 0. The van der Waals surface area contributed by atoms with Crippen LogP contribution in [-0.2, 0) is 9.53 Å². The molecule has 0 aromatic heterocycles. The average Bonchev–Trinajstić information content (AvgIpc) is 2.34. The van der Waals surface area contributed by atoms with Gasteiger partial charge >= 0.3 is 5.97 Å². The lowest BCUT2D eigenvalue weighted by Gasteiger charge is -2.12. The molecular weight excluding hydrogens is 136 g/mol. The van der Waals surface area contributed by atoms with Crippen LogP contribution < -0.4 is 0 Å². The van der Waals surface area contributed by atoms with Gasteiger partial charge < -0.3 is 14.9 Å². The lowest BCUT2D eigenvalue weighted by Crippen LogP contribution is -2.28. The highest BCUT2D eigenvalue weighted by Crippen LogP contribution is 2.08. The molecule has 0 amide bonds. The van der Waals surface area contributed by atoms with Crippen molar-refractivity contribution in [1.82, 2.24) is 0 Å². The molecule has 4 heteroatoms. The van der Waals surface area contributed by atoms with Gasteiger partial charge in [0.25, 0.3) is 0 Å². The van der Waals surface area contributed by atoms with Crippen molar-refractivity contribution in [2.75, 3.05) is 6.61 Å². The van der Waals surface area contributed by atoms with Gasteiger partial charge in [-0.15, -0.1) is 0 Å². The smallest absolute Gasteiger partial charge is 0.331 e. The maximum Gasteiger partial charge on any atom is 0.331 e. The highest BCUT2D eigenvalue weighted by atomic mass is 16.6. The van der Waals surface area contributed by atoms with E-state index >= 15 is 0 Å². The third-order valence-electron chi connectivity index (χ3n) is 1.24. The summed E-state index contributed by atoms with van der Waals surface area (Å²) in [6.07, 6.45) is 0.979. The number of carbonyl (C=O) groups is 1. The summed E-state index contributed by atoms with van der Waals surface area (Å²) in [6.45, 7) is -0.401. The first-order valence-electron chi connectivity index (χ1n) is 2.92. The molecule has 1 heterocycles. The van der Waals surface area contributed by atoms with Crippen molar-refractivity contribution in [2.45, 2.75) is 12.2 Å². The van der Waals surface area contributed by atoms with Crippen molar-refractivity contribution in [3.8, 4) is 0 Å². The third kappa shape index (κ3) is 1.34. The lowest BCUT2D eigenvalue weighted by atomic mass is 10.2. The highest BCUT2D eigenvalue weighted by Gasteiger charge is 2.23. The summed E-state index contributed by atoms with van der Waals surface area (Å²) in [5.74, 6) is -0.475. The fourth-order valence-electron chi connectivity index (χ4n) is 0.697. The van der Waals surface area contributed by atoms with Gasteiger partial charge in [0.2, 0.25) is 0 Å². The number of esters is 1. The molecule has 10 heavy (non-hydrogen) atoms. The van der Waals surface area contributed by atoms with E-state index in [1.54, 1.807) is 0 Å². The zero-order valence-corrected chi connectivity index (χ0v) is 5.23. The topological polar surface area (TPSA) is 66.8 Å². The fourth-order valence-corrected chi connectivity index (χ4v) is 0.697. The molecule has 1 rings (SSSR count). The van der Waals surface area contributed by atoms with Crippen LogP contribution in [0, 0.1) is 0 Å². The van der Waals surface area contributed by atoms with Gasteiger partial charge in [-0.25, -0.2) is 4.79 Å². The molecule has 2 N–H and O–H groups in total. The van der Waals surface area contributed by atoms with E-state index in [2.05, 4.69) is 4.74 Å². The number of aliphatic hydroxyl groups excluding tert-OH is 2. The molecule has 56 valence electrons. The maximum atomic E-state index is 10.4. The molecule has 0 bridgehead atoms. The minimum absolute atomic E-state index is 0.401. The average molecular weight is 144 g/mol. The van der Waals surface area contributed by atoms with Gasteiger partial charge in [-0.05, 0) is 6.08 Å². The number of ether oxygens (including phenoxy) is 1. The molecule has 0 saturated carbocycles. The summed E-state index contributed by atoms with van der Waals surface area (Å²) in [5.41, 5.74) is 0. The van der Waals surface area contributed by atoms with Crippen LogP contribution in [0.2, 0.25) is 0 Å². The molecule has 0 aromatic rings. The quantitative estimate of drug-likeness (QED) is 0.479. The van der Waals surface area contributed by atoms with Gasteiger partial charge in [-0.2, -0.15) is 0 Å². The van der Waals surface area contributed by atoms with Crippen LogP contribution in [0.3, 0.4) is 0 Å². The number of aliphatic hydroxyl groups is 2. The summed E-state index contributed by atoms with van der Waals surface area (Å²) >= 11 is 0. The first-order chi connectivity index (χ1) is 4.74. The summed E-state index contributed by atoms with van der Waals surface area (Å²) < 4.78 is 4.55. The van der Waals surface area contributed by atoms with Crippen LogP contribution in [0.1, 0.15) is 0 Å². The minimum atomic E-state index is -0.998. The molecule has 0 aromatic carbocycles. The third-order valence-corrected chi connectivity index (χ3v) is 1.24. The SMILES string of the molecule is O=C1C=C[C@@H](C(O)CO)O1. The van der Waals surface area contributed by atoms with E-state index in [1.165, 1.54) is 12.2 Å². The Hall–Kier alpha value is -0.870. The predicted octanol–water partition coefficient (Wildman–Crippen LogP) is -1.18. The molecule has 1 unspecified atom stereocenters. The Kier molecular flexibility index (Phi) is 2.03. The van der Waals surface area contributed by atoms with Crippen LogP contribution in [0.5, 0.6) is 0 Å². The summed E-state index contributed by atoms with van der Waals surface area (Å²) in [6, 6.07) is 0. The largest absolute Gasteiger partial charge is 0.452 e. The Labute approximate surface area is 57.7 Å². The predicted molar refractivity (Wildman–Crippen MR) is 32.1 cm³/mol. The second-order valence-corrected chi connectivity index (χ2v) is 2.01. The summed E-state index contributed by atoms with van der Waals surface area (Å²) in [4.78, 5) is 10.4. The molecule has 1 aliphatic heterocycles. The van der Waals surface area contributed by atoms with E-state index in [1.807, 2.05) is 0 Å². The second kappa shape index (κ2) is 2.81. The van der Waals surface area contributed by atoms with Crippen LogP contribution >= 0.6 is 0 Å². The van der Waals surface area contributed by atoms with Crippen LogP contribution in [0.15, 0.2) is 12.2 Å². The zero-order chi connectivity index (χ0) is 7.56. The normalized spacial score (nSPS) is 26.6. The van der Waals surface area contributed by atoms with Gasteiger partial charge in [0.15, 0.2) is 0 Å². The zero-order valence-electron chi connectivity index (χ0n) is 5.23. The Morgan fingerprint density at radius 2 is 2.50 bits per heavy atom. The van der Waals surface area contributed by atoms with Crippen molar-refractivity contribution < 1.29 is 19.7 Å². The molecule has 0 aliphatic carbocycles. The maximum absolute atomic E-state index is 10.4. The van der Waals surface area contributed by atoms with E-state index in [9.17, 15) is 4.79 Å². The molecule has 0 saturated heterocycles. The van der Waals surface area contributed by atoms with Crippen molar-refractivity contribution in [1.29, 1.82) is 0 Å². The molecule has 0 fully saturated rings. The van der Waals surface area contributed by atoms with Crippen LogP contribution in [0.25, 0.3) is 0 Å². The van der Waals surface area contributed by atoms with Gasteiger partial charge in [0.1, 0.15) is 12.2 Å². The van der Waals surface area contributed by atoms with E-state index in [0.29, 0.717) is 0 Å².